The molecular formula is C6H4N4O2. The van der Waals surface area contributed by atoms with Gasteiger partial charge in [0.05, 0.1) is 12.4 Å². The van der Waals surface area contributed by atoms with Crippen LogP contribution in [-0.2, 0) is 0 Å². The molecule has 6 heteroatoms. The SMILES string of the molecule is O=C(O)c1ncc2[nH]ncc2n1. The highest BCUT2D eigenvalue weighted by Crippen LogP contribution is 2.04. The molecule has 2 aromatic rings. The Morgan fingerprint density at radius 1 is 1.50 bits per heavy atom. The van der Waals surface area contributed by atoms with Crippen molar-refractivity contribution in [1.82, 2.24) is 20.2 Å². The number of fused-ring (bicyclic) bond motifs is 1. The molecule has 0 aliphatic rings. The maximum Gasteiger partial charge on any atom is 0.373 e. The number of aromatic nitrogens is 4. The van der Waals surface area contributed by atoms with E-state index < -0.39 is 5.97 Å². The smallest absolute Gasteiger partial charge is 0.373 e. The Morgan fingerprint density at radius 3 is 3.08 bits per heavy atom. The van der Waals surface area contributed by atoms with Crippen LogP contribution in [-0.4, -0.2) is 31.2 Å². The molecule has 2 aromatic heterocycles. The fourth-order valence-corrected chi connectivity index (χ4v) is 0.846. The van der Waals surface area contributed by atoms with E-state index in [2.05, 4.69) is 20.2 Å². The summed E-state index contributed by atoms with van der Waals surface area (Å²) in [6.07, 6.45) is 2.84. The highest BCUT2D eigenvalue weighted by atomic mass is 16.4. The van der Waals surface area contributed by atoms with Crippen LogP contribution in [0.5, 0.6) is 0 Å². The number of hydrogen-bond acceptors (Lipinski definition) is 4. The number of aromatic amines is 1. The van der Waals surface area contributed by atoms with E-state index in [9.17, 15) is 4.79 Å². The van der Waals surface area contributed by atoms with Crippen LogP contribution in [0, 0.1) is 0 Å². The van der Waals surface area contributed by atoms with Crippen LogP contribution in [0.25, 0.3) is 11.0 Å². The van der Waals surface area contributed by atoms with Gasteiger partial charge in [0.25, 0.3) is 0 Å². The number of nitrogens with one attached hydrogen (secondary N) is 1. The Hall–Kier alpha value is -1.98. The van der Waals surface area contributed by atoms with E-state index in [4.69, 9.17) is 5.11 Å². The molecule has 0 aliphatic heterocycles. The standard InChI is InChI=1S/C6H4N4O2/c11-6(12)5-7-1-4-3(9-5)2-8-10-4/h1-2H,(H,8,10)(H,11,12). The van der Waals surface area contributed by atoms with Crippen molar-refractivity contribution in [2.45, 2.75) is 0 Å². The van der Waals surface area contributed by atoms with E-state index in [1.165, 1.54) is 12.4 Å². The molecule has 0 aromatic carbocycles. The zero-order chi connectivity index (χ0) is 8.55. The first-order chi connectivity index (χ1) is 5.77. The third-order valence-electron chi connectivity index (χ3n) is 1.38. The number of rotatable bonds is 1. The first-order valence-electron chi connectivity index (χ1n) is 3.17. The van der Waals surface area contributed by atoms with Gasteiger partial charge in [-0.1, -0.05) is 0 Å². The third-order valence-corrected chi connectivity index (χ3v) is 1.38. The monoisotopic (exact) mass is 164 g/mol. The van der Waals surface area contributed by atoms with Crippen molar-refractivity contribution in [1.29, 1.82) is 0 Å². The number of carboxylic acids is 1. The van der Waals surface area contributed by atoms with Gasteiger partial charge in [0, 0.05) is 0 Å². The Kier molecular flexibility index (Phi) is 1.26. The maximum atomic E-state index is 10.4. The van der Waals surface area contributed by atoms with Gasteiger partial charge >= 0.3 is 5.97 Å². The minimum atomic E-state index is -1.14. The summed E-state index contributed by atoms with van der Waals surface area (Å²) in [6, 6.07) is 0. The average Bonchev–Trinajstić information content (AvgIpc) is 2.49. The van der Waals surface area contributed by atoms with E-state index in [-0.39, 0.29) is 5.82 Å². The van der Waals surface area contributed by atoms with Gasteiger partial charge in [-0.15, -0.1) is 0 Å². The topological polar surface area (TPSA) is 91.8 Å². The predicted octanol–water partition coefficient (Wildman–Crippen LogP) is 0.0511. The van der Waals surface area contributed by atoms with Crippen molar-refractivity contribution in [2.75, 3.05) is 0 Å². The molecule has 0 aliphatic carbocycles. The molecule has 0 atom stereocenters. The van der Waals surface area contributed by atoms with Crippen molar-refractivity contribution < 1.29 is 9.90 Å². The normalized spacial score (nSPS) is 10.3. The Balaban J connectivity index is 2.68. The number of carbonyl (C=O) groups is 1. The summed E-state index contributed by atoms with van der Waals surface area (Å²) in [5.41, 5.74) is 1.13. The van der Waals surface area contributed by atoms with Gasteiger partial charge in [0.1, 0.15) is 11.0 Å². The van der Waals surface area contributed by atoms with E-state index in [1.807, 2.05) is 0 Å². The van der Waals surface area contributed by atoms with Crippen molar-refractivity contribution >= 4 is 17.0 Å². The summed E-state index contributed by atoms with van der Waals surface area (Å²) in [5.74, 6) is -1.36. The van der Waals surface area contributed by atoms with Crippen molar-refractivity contribution in [3.63, 3.8) is 0 Å². The fourth-order valence-electron chi connectivity index (χ4n) is 0.846. The molecule has 0 unspecified atom stereocenters. The zero-order valence-corrected chi connectivity index (χ0v) is 5.85. The van der Waals surface area contributed by atoms with Gasteiger partial charge in [0.15, 0.2) is 0 Å². The van der Waals surface area contributed by atoms with E-state index >= 15 is 0 Å². The second-order valence-corrected chi connectivity index (χ2v) is 2.17. The average molecular weight is 164 g/mol. The summed E-state index contributed by atoms with van der Waals surface area (Å²) in [5, 5.41) is 14.8. The van der Waals surface area contributed by atoms with E-state index in [0.29, 0.717) is 11.0 Å². The molecule has 0 spiro atoms. The lowest BCUT2D eigenvalue weighted by molar-refractivity contribution is 0.0684. The van der Waals surface area contributed by atoms with E-state index in [1.54, 1.807) is 0 Å². The summed E-state index contributed by atoms with van der Waals surface area (Å²) in [7, 11) is 0. The number of H-pyrrole nitrogens is 1. The van der Waals surface area contributed by atoms with Crippen molar-refractivity contribution in [3.8, 4) is 0 Å². The lowest BCUT2D eigenvalue weighted by Crippen LogP contribution is -2.02. The molecule has 60 valence electrons. The molecule has 0 saturated carbocycles. The Bertz CT molecular complexity index is 436. The summed E-state index contributed by atoms with van der Waals surface area (Å²) < 4.78 is 0. The van der Waals surface area contributed by atoms with Crippen LogP contribution in [0.1, 0.15) is 10.6 Å². The lowest BCUT2D eigenvalue weighted by atomic mass is 10.4. The molecule has 6 nitrogen and oxygen atoms in total. The first-order valence-corrected chi connectivity index (χ1v) is 3.17. The van der Waals surface area contributed by atoms with Crippen molar-refractivity contribution in [3.05, 3.63) is 18.2 Å². The van der Waals surface area contributed by atoms with Gasteiger partial charge in [0.2, 0.25) is 5.82 Å². The second kappa shape index (κ2) is 2.26. The van der Waals surface area contributed by atoms with Crippen LogP contribution < -0.4 is 0 Å². The molecule has 0 bridgehead atoms. The summed E-state index contributed by atoms with van der Waals surface area (Å²) in [4.78, 5) is 17.7. The first kappa shape index (κ1) is 6.71. The highest BCUT2D eigenvalue weighted by molar-refractivity contribution is 5.85. The van der Waals surface area contributed by atoms with Gasteiger partial charge in [-0.3, -0.25) is 5.10 Å². The predicted molar refractivity (Wildman–Crippen MR) is 38.6 cm³/mol. The van der Waals surface area contributed by atoms with Crippen LogP contribution >= 0.6 is 0 Å². The molecule has 2 rings (SSSR count). The van der Waals surface area contributed by atoms with Crippen molar-refractivity contribution in [2.24, 2.45) is 0 Å². The molecule has 12 heavy (non-hydrogen) atoms. The lowest BCUT2D eigenvalue weighted by Gasteiger charge is -1.90. The molecule has 0 saturated heterocycles. The largest absolute Gasteiger partial charge is 0.475 e. The molecule has 0 amide bonds. The highest BCUT2D eigenvalue weighted by Gasteiger charge is 2.07. The Labute approximate surface area is 66.3 Å². The van der Waals surface area contributed by atoms with E-state index in [0.717, 1.165) is 0 Å². The molecule has 0 radical (unpaired) electrons. The third kappa shape index (κ3) is 0.895. The van der Waals surface area contributed by atoms with Gasteiger partial charge < -0.3 is 5.11 Å². The van der Waals surface area contributed by atoms with Crippen LogP contribution in [0.2, 0.25) is 0 Å². The van der Waals surface area contributed by atoms with Gasteiger partial charge in [-0.25, -0.2) is 14.8 Å². The summed E-state index contributed by atoms with van der Waals surface area (Å²) in [6.45, 7) is 0. The quantitative estimate of drug-likeness (QED) is 0.621. The summed E-state index contributed by atoms with van der Waals surface area (Å²) >= 11 is 0. The minimum Gasteiger partial charge on any atom is -0.475 e. The maximum absolute atomic E-state index is 10.4. The second-order valence-electron chi connectivity index (χ2n) is 2.17. The van der Waals surface area contributed by atoms with Crippen LogP contribution in [0.15, 0.2) is 12.4 Å². The fraction of sp³-hybridized carbons (Fsp3) is 0. The molecule has 0 fully saturated rings. The molecule has 2 N–H and O–H groups in total. The zero-order valence-electron chi connectivity index (χ0n) is 5.85. The number of carboxylic acid groups (broad SMARTS) is 1. The number of hydrogen-bond donors (Lipinski definition) is 2. The minimum absolute atomic E-state index is 0.219. The molecule has 2 heterocycles. The van der Waals surface area contributed by atoms with Crippen LogP contribution in [0.4, 0.5) is 0 Å². The Morgan fingerprint density at radius 2 is 2.33 bits per heavy atom. The number of aromatic carboxylic acids is 1. The van der Waals surface area contributed by atoms with Gasteiger partial charge in [-0.2, -0.15) is 5.10 Å². The van der Waals surface area contributed by atoms with Crippen LogP contribution in [0.3, 0.4) is 0 Å². The molecular weight excluding hydrogens is 160 g/mol. The van der Waals surface area contributed by atoms with Gasteiger partial charge in [-0.05, 0) is 0 Å². The number of nitrogens with zero attached hydrogens (tertiary/aromatic N) is 3.